The Morgan fingerprint density at radius 1 is 1.02 bits per heavy atom. The molecule has 0 saturated carbocycles. The summed E-state index contributed by atoms with van der Waals surface area (Å²) in [6.07, 6.45) is 4.69. The molecule has 0 spiro atoms. The van der Waals surface area contributed by atoms with Gasteiger partial charge in [0.15, 0.2) is 5.82 Å². The largest absolute Gasteiger partial charge is 0.394 e. The number of hydrogen-bond acceptors (Lipinski definition) is 11. The van der Waals surface area contributed by atoms with Crippen LogP contribution in [-0.2, 0) is 11.0 Å². The van der Waals surface area contributed by atoms with Crippen LogP contribution >= 0.6 is 0 Å². The number of nitrogens with one attached hydrogen (secondary N) is 3. The van der Waals surface area contributed by atoms with Gasteiger partial charge in [-0.2, -0.15) is 9.97 Å². The summed E-state index contributed by atoms with van der Waals surface area (Å²) in [5, 5.41) is 24.2. The molecule has 12 nitrogen and oxygen atoms in total. The first-order valence-electron chi connectivity index (χ1n) is 14.3. The number of nitrogens with zero attached hydrogens (tertiary/aromatic N) is 6. The van der Waals surface area contributed by atoms with Crippen molar-refractivity contribution in [1.29, 1.82) is 0 Å². The van der Waals surface area contributed by atoms with Crippen molar-refractivity contribution in [2.45, 2.75) is 50.1 Å². The number of aliphatic hydroxyl groups excluding tert-OH is 1. The normalized spacial score (nSPS) is 22.8. The van der Waals surface area contributed by atoms with Gasteiger partial charge in [-0.05, 0) is 70.4 Å². The minimum absolute atomic E-state index is 0.0621. The van der Waals surface area contributed by atoms with Gasteiger partial charge in [0.2, 0.25) is 5.95 Å². The number of pyridine rings is 1. The number of anilines is 3. The van der Waals surface area contributed by atoms with E-state index in [0.717, 1.165) is 50.3 Å². The fourth-order valence-electron chi connectivity index (χ4n) is 6.22. The zero-order valence-electron chi connectivity index (χ0n) is 23.6. The van der Waals surface area contributed by atoms with Crippen molar-refractivity contribution in [2.24, 2.45) is 0 Å². The molecule has 7 heterocycles. The molecular weight excluding hydrogens is 534 g/mol. The summed E-state index contributed by atoms with van der Waals surface area (Å²) < 4.78 is 5.82. The van der Waals surface area contributed by atoms with Gasteiger partial charge in [-0.25, -0.2) is 9.97 Å². The Bertz CT molecular complexity index is 1620. The smallest absolute Gasteiger partial charge is 0.263 e. The topological polar surface area (TPSA) is 154 Å². The molecule has 8 rings (SSSR count). The fraction of sp³-hybridized carbons (Fsp3) is 0.400. The number of fused-ring (bicyclic) bond motifs is 4. The molecule has 1 aromatic carbocycles. The van der Waals surface area contributed by atoms with Gasteiger partial charge < -0.3 is 30.5 Å². The lowest BCUT2D eigenvalue weighted by Gasteiger charge is -2.46. The van der Waals surface area contributed by atoms with Crippen LogP contribution in [0.25, 0.3) is 11.5 Å². The maximum Gasteiger partial charge on any atom is 0.263 e. The van der Waals surface area contributed by atoms with Crippen LogP contribution in [0.4, 0.5) is 17.6 Å². The molecule has 12 heteroatoms. The van der Waals surface area contributed by atoms with E-state index in [1.807, 2.05) is 44.2 Å². The van der Waals surface area contributed by atoms with Crippen LogP contribution in [0.5, 0.6) is 0 Å². The van der Waals surface area contributed by atoms with Crippen molar-refractivity contribution in [3.63, 3.8) is 0 Å². The molecule has 4 aromatic rings. The van der Waals surface area contributed by atoms with Crippen molar-refractivity contribution >= 4 is 23.5 Å². The Morgan fingerprint density at radius 3 is 2.52 bits per heavy atom. The van der Waals surface area contributed by atoms with E-state index in [9.17, 15) is 9.90 Å². The van der Waals surface area contributed by atoms with Crippen LogP contribution in [0.15, 0.2) is 53.2 Å². The average molecular weight is 568 g/mol. The highest BCUT2D eigenvalue weighted by atomic mass is 16.5. The first kappa shape index (κ1) is 26.5. The minimum Gasteiger partial charge on any atom is -0.394 e. The molecule has 4 aliphatic heterocycles. The summed E-state index contributed by atoms with van der Waals surface area (Å²) >= 11 is 0. The molecule has 1 atom stereocenters. The number of hydrogen-bond donors (Lipinski definition) is 4. The summed E-state index contributed by atoms with van der Waals surface area (Å²) in [5.74, 6) is 2.13. The van der Waals surface area contributed by atoms with E-state index >= 15 is 0 Å². The van der Waals surface area contributed by atoms with Crippen molar-refractivity contribution in [3.8, 4) is 11.5 Å². The van der Waals surface area contributed by atoms with Crippen molar-refractivity contribution in [3.05, 3.63) is 71.3 Å². The first-order chi connectivity index (χ1) is 20.3. The molecule has 0 aliphatic carbocycles. The highest BCUT2D eigenvalue weighted by Gasteiger charge is 2.44. The number of amides is 1. The molecule has 0 radical (unpaired) electrons. The van der Waals surface area contributed by atoms with E-state index in [-0.39, 0.29) is 23.9 Å². The molecule has 42 heavy (non-hydrogen) atoms. The number of piperidine rings is 3. The van der Waals surface area contributed by atoms with Crippen LogP contribution in [-0.4, -0.2) is 67.2 Å². The fourth-order valence-corrected chi connectivity index (χ4v) is 6.22. The standard InChI is InChI=1S/C30H33N9O3/c1-29(2)23-19(25(41)37-29)8-9-22(33-23)34-28-31-16-20(24(35-28)32-21(17-40)18-6-4-3-5-7-18)26-36-27(38-42-26)30-10-13-39(14-11-30)15-12-30/h3-9,16,21,40H,10-15,17H2,1-2H3,(H,37,41)(H2,31,32,33,34,35)/t21-/m1/s1. The minimum atomic E-state index is -0.588. The maximum atomic E-state index is 12.3. The summed E-state index contributed by atoms with van der Waals surface area (Å²) in [7, 11) is 0. The number of carbonyl (C=O) groups is 1. The average Bonchev–Trinajstić information content (AvgIpc) is 3.60. The maximum absolute atomic E-state index is 12.3. The summed E-state index contributed by atoms with van der Waals surface area (Å²) in [5.41, 5.74) is 1.99. The molecule has 216 valence electrons. The molecule has 0 unspecified atom stereocenters. The predicted molar refractivity (Wildman–Crippen MR) is 155 cm³/mol. The third-order valence-electron chi connectivity index (χ3n) is 8.73. The zero-order chi connectivity index (χ0) is 28.9. The van der Waals surface area contributed by atoms with Gasteiger partial charge in [0, 0.05) is 11.6 Å². The van der Waals surface area contributed by atoms with Gasteiger partial charge >= 0.3 is 0 Å². The summed E-state index contributed by atoms with van der Waals surface area (Å²) in [6, 6.07) is 12.7. The summed E-state index contributed by atoms with van der Waals surface area (Å²) in [4.78, 5) is 33.7. The highest BCUT2D eigenvalue weighted by Crippen LogP contribution is 2.42. The Hall–Kier alpha value is -4.42. The van der Waals surface area contributed by atoms with Gasteiger partial charge in [0.05, 0.1) is 29.4 Å². The SMILES string of the molecule is CC1(C)NC(=O)c2ccc(Nc3ncc(-c4nc(C56CCN(CC5)CC6)no4)c(N[C@H](CO)c4ccccc4)n3)nc21. The van der Waals surface area contributed by atoms with E-state index in [0.29, 0.717) is 34.3 Å². The Morgan fingerprint density at radius 2 is 1.79 bits per heavy atom. The molecular formula is C30H33N9O3. The second-order valence-corrected chi connectivity index (χ2v) is 11.8. The van der Waals surface area contributed by atoms with E-state index in [4.69, 9.17) is 14.5 Å². The van der Waals surface area contributed by atoms with Crippen molar-refractivity contribution < 1.29 is 14.4 Å². The lowest BCUT2D eigenvalue weighted by molar-refractivity contribution is 0.0747. The highest BCUT2D eigenvalue weighted by molar-refractivity contribution is 5.99. The summed E-state index contributed by atoms with van der Waals surface area (Å²) in [6.45, 7) is 6.81. The third-order valence-corrected chi connectivity index (χ3v) is 8.73. The van der Waals surface area contributed by atoms with E-state index < -0.39 is 11.6 Å². The monoisotopic (exact) mass is 567 g/mol. The van der Waals surface area contributed by atoms with Gasteiger partial charge in [0.1, 0.15) is 17.2 Å². The van der Waals surface area contributed by atoms with E-state index in [2.05, 4.69) is 36.0 Å². The molecule has 2 bridgehead atoms. The van der Waals surface area contributed by atoms with Crippen LogP contribution < -0.4 is 16.0 Å². The van der Waals surface area contributed by atoms with Gasteiger partial charge in [-0.3, -0.25) is 4.79 Å². The first-order valence-corrected chi connectivity index (χ1v) is 14.3. The Kier molecular flexibility index (Phi) is 6.39. The molecule has 1 amide bonds. The number of rotatable bonds is 8. The number of carbonyl (C=O) groups excluding carboxylic acids is 1. The Labute approximate surface area is 243 Å². The van der Waals surface area contributed by atoms with Crippen LogP contribution in [0.2, 0.25) is 0 Å². The molecule has 3 fully saturated rings. The number of aliphatic hydroxyl groups is 1. The van der Waals surface area contributed by atoms with Gasteiger partial charge in [-0.1, -0.05) is 35.5 Å². The van der Waals surface area contributed by atoms with E-state index in [1.54, 1.807) is 18.3 Å². The molecule has 3 saturated heterocycles. The quantitative estimate of drug-likeness (QED) is 0.247. The third kappa shape index (κ3) is 4.66. The lowest BCUT2D eigenvalue weighted by atomic mass is 9.71. The zero-order valence-corrected chi connectivity index (χ0v) is 23.6. The molecule has 3 aromatic heterocycles. The van der Waals surface area contributed by atoms with Gasteiger partial charge in [-0.15, -0.1) is 0 Å². The van der Waals surface area contributed by atoms with Crippen LogP contribution in [0.3, 0.4) is 0 Å². The van der Waals surface area contributed by atoms with Crippen LogP contribution in [0.1, 0.15) is 66.6 Å². The van der Waals surface area contributed by atoms with Gasteiger partial charge in [0.25, 0.3) is 11.8 Å². The predicted octanol–water partition coefficient (Wildman–Crippen LogP) is 3.53. The van der Waals surface area contributed by atoms with E-state index in [1.165, 1.54) is 0 Å². The van der Waals surface area contributed by atoms with Crippen LogP contribution in [0, 0.1) is 0 Å². The molecule has 4 N–H and O–H groups in total. The Balaban J connectivity index is 1.23. The lowest BCUT2D eigenvalue weighted by Crippen LogP contribution is -2.51. The number of aromatic nitrogens is 5. The number of benzene rings is 1. The van der Waals surface area contributed by atoms with Crippen molar-refractivity contribution in [2.75, 3.05) is 36.9 Å². The second-order valence-electron chi connectivity index (χ2n) is 11.8. The molecule has 4 aliphatic rings. The van der Waals surface area contributed by atoms with Crippen molar-refractivity contribution in [1.82, 2.24) is 35.3 Å². The second kappa shape index (κ2) is 10.1.